The molecule has 2 rings (SSSR count). The van der Waals surface area contributed by atoms with Crippen molar-refractivity contribution in [3.05, 3.63) is 59.7 Å². The molecule has 0 saturated heterocycles. The first-order valence-corrected chi connectivity index (χ1v) is 8.22. The molecular weight excluding hydrogens is 302 g/mol. The lowest BCUT2D eigenvalue weighted by molar-refractivity contribution is -0.121. The minimum atomic E-state index is -0.0914. The molecule has 24 heavy (non-hydrogen) atoms. The maximum absolute atomic E-state index is 12.1. The van der Waals surface area contributed by atoms with Crippen LogP contribution in [0.5, 0.6) is 11.5 Å². The van der Waals surface area contributed by atoms with Crippen LogP contribution in [0, 0.1) is 6.92 Å². The smallest absolute Gasteiger partial charge is 0.220 e. The molecule has 1 N–H and O–H groups in total. The average Bonchev–Trinajstić information content (AvgIpc) is 2.58. The number of rotatable bonds is 8. The van der Waals surface area contributed by atoms with Crippen LogP contribution in [-0.2, 0) is 4.79 Å². The first-order chi connectivity index (χ1) is 11.6. The van der Waals surface area contributed by atoms with Gasteiger partial charge in [0, 0.05) is 12.0 Å². The molecule has 1 amide bonds. The van der Waals surface area contributed by atoms with Gasteiger partial charge in [-0.15, -0.1) is 0 Å². The standard InChI is InChI=1S/C20H25NO3/c1-15-8-6-9-17(14-15)24-13-7-12-20(22)21-16(2)18-10-4-5-11-19(18)23-3/h4-6,8-11,14,16H,7,12-13H2,1-3H3,(H,21,22)/t16-/m0/s1. The molecule has 1 atom stereocenters. The van der Waals surface area contributed by atoms with Crippen LogP contribution in [0.15, 0.2) is 48.5 Å². The van der Waals surface area contributed by atoms with Gasteiger partial charge in [0.2, 0.25) is 5.91 Å². The molecule has 0 aliphatic heterocycles. The van der Waals surface area contributed by atoms with Gasteiger partial charge in [-0.3, -0.25) is 4.79 Å². The number of benzene rings is 2. The van der Waals surface area contributed by atoms with Crippen molar-refractivity contribution >= 4 is 5.91 Å². The Morgan fingerprint density at radius 3 is 2.71 bits per heavy atom. The van der Waals surface area contributed by atoms with Gasteiger partial charge in [0.25, 0.3) is 0 Å². The van der Waals surface area contributed by atoms with Gasteiger partial charge in [-0.25, -0.2) is 0 Å². The number of hydrogen-bond acceptors (Lipinski definition) is 3. The van der Waals surface area contributed by atoms with Crippen molar-refractivity contribution in [3.8, 4) is 11.5 Å². The van der Waals surface area contributed by atoms with Crippen molar-refractivity contribution in [2.24, 2.45) is 0 Å². The van der Waals surface area contributed by atoms with Crippen molar-refractivity contribution in [2.45, 2.75) is 32.7 Å². The summed E-state index contributed by atoms with van der Waals surface area (Å²) in [5, 5.41) is 3.00. The largest absolute Gasteiger partial charge is 0.496 e. The quantitative estimate of drug-likeness (QED) is 0.744. The topological polar surface area (TPSA) is 47.6 Å². The van der Waals surface area contributed by atoms with Crippen LogP contribution < -0.4 is 14.8 Å². The van der Waals surface area contributed by atoms with Crippen LogP contribution in [0.2, 0.25) is 0 Å². The minimum absolute atomic E-state index is 0.0150. The molecule has 0 bridgehead atoms. The van der Waals surface area contributed by atoms with E-state index >= 15 is 0 Å². The molecule has 0 spiro atoms. The Bertz CT molecular complexity index is 669. The van der Waals surface area contributed by atoms with E-state index in [1.165, 1.54) is 0 Å². The molecule has 0 radical (unpaired) electrons. The third-order valence-electron chi connectivity index (χ3n) is 3.79. The molecule has 4 heteroatoms. The van der Waals surface area contributed by atoms with Crippen LogP contribution in [0.4, 0.5) is 0 Å². The van der Waals surface area contributed by atoms with Gasteiger partial charge in [-0.05, 0) is 44.0 Å². The average molecular weight is 327 g/mol. The highest BCUT2D eigenvalue weighted by molar-refractivity contribution is 5.76. The van der Waals surface area contributed by atoms with Crippen molar-refractivity contribution in [1.82, 2.24) is 5.32 Å². The summed E-state index contributed by atoms with van der Waals surface area (Å²) in [6, 6.07) is 15.5. The second-order valence-electron chi connectivity index (χ2n) is 5.80. The third-order valence-corrected chi connectivity index (χ3v) is 3.79. The number of carbonyl (C=O) groups excluding carboxylic acids is 1. The molecule has 0 aliphatic carbocycles. The van der Waals surface area contributed by atoms with E-state index in [1.807, 2.05) is 62.4 Å². The van der Waals surface area contributed by atoms with E-state index < -0.39 is 0 Å². The predicted molar refractivity (Wildman–Crippen MR) is 95.5 cm³/mol. The zero-order valence-electron chi connectivity index (χ0n) is 14.5. The molecule has 128 valence electrons. The van der Waals surface area contributed by atoms with Crippen LogP contribution in [0.3, 0.4) is 0 Å². The summed E-state index contributed by atoms with van der Waals surface area (Å²) in [5.41, 5.74) is 2.14. The van der Waals surface area contributed by atoms with E-state index in [2.05, 4.69) is 5.32 Å². The van der Waals surface area contributed by atoms with Crippen molar-refractivity contribution < 1.29 is 14.3 Å². The van der Waals surface area contributed by atoms with Crippen LogP contribution in [-0.4, -0.2) is 19.6 Å². The van der Waals surface area contributed by atoms with E-state index in [1.54, 1.807) is 7.11 Å². The molecule has 4 nitrogen and oxygen atoms in total. The number of aryl methyl sites for hydroxylation is 1. The zero-order valence-corrected chi connectivity index (χ0v) is 14.5. The SMILES string of the molecule is COc1ccccc1[C@H](C)NC(=O)CCCOc1cccc(C)c1. The fraction of sp³-hybridized carbons (Fsp3) is 0.350. The lowest BCUT2D eigenvalue weighted by atomic mass is 10.1. The van der Waals surface area contributed by atoms with Crippen LogP contribution in [0.1, 0.15) is 36.9 Å². The fourth-order valence-electron chi connectivity index (χ4n) is 2.54. The summed E-state index contributed by atoms with van der Waals surface area (Å²) in [7, 11) is 1.63. The predicted octanol–water partition coefficient (Wildman–Crippen LogP) is 4.04. The summed E-state index contributed by atoms with van der Waals surface area (Å²) in [5.74, 6) is 1.65. The Morgan fingerprint density at radius 2 is 1.96 bits per heavy atom. The highest BCUT2D eigenvalue weighted by Gasteiger charge is 2.13. The second-order valence-corrected chi connectivity index (χ2v) is 5.80. The lowest BCUT2D eigenvalue weighted by Gasteiger charge is -2.17. The summed E-state index contributed by atoms with van der Waals surface area (Å²) < 4.78 is 11.0. The van der Waals surface area contributed by atoms with Gasteiger partial charge in [-0.2, -0.15) is 0 Å². The number of amides is 1. The van der Waals surface area contributed by atoms with Crippen molar-refractivity contribution in [3.63, 3.8) is 0 Å². The number of para-hydroxylation sites is 1. The Kier molecular flexibility index (Phi) is 6.67. The Morgan fingerprint density at radius 1 is 1.17 bits per heavy atom. The van der Waals surface area contributed by atoms with Crippen LogP contribution in [0.25, 0.3) is 0 Å². The first-order valence-electron chi connectivity index (χ1n) is 8.22. The summed E-state index contributed by atoms with van der Waals surface area (Å²) in [4.78, 5) is 12.1. The number of nitrogens with one attached hydrogen (secondary N) is 1. The first kappa shape index (κ1) is 17.9. The van der Waals surface area contributed by atoms with Gasteiger partial charge < -0.3 is 14.8 Å². The van der Waals surface area contributed by atoms with Gasteiger partial charge >= 0.3 is 0 Å². The number of hydrogen-bond donors (Lipinski definition) is 1. The highest BCUT2D eigenvalue weighted by atomic mass is 16.5. The molecule has 0 fully saturated rings. The van der Waals surface area contributed by atoms with E-state index in [9.17, 15) is 4.79 Å². The number of methoxy groups -OCH3 is 1. The van der Waals surface area contributed by atoms with Gasteiger partial charge in [0.1, 0.15) is 11.5 Å². The van der Waals surface area contributed by atoms with Crippen LogP contribution >= 0.6 is 0 Å². The molecule has 0 aromatic heterocycles. The number of carbonyl (C=O) groups is 1. The van der Waals surface area contributed by atoms with Gasteiger partial charge in [0.15, 0.2) is 0 Å². The highest BCUT2D eigenvalue weighted by Crippen LogP contribution is 2.24. The van der Waals surface area contributed by atoms with Crippen molar-refractivity contribution in [2.75, 3.05) is 13.7 Å². The number of ether oxygens (including phenoxy) is 2. The Hall–Kier alpha value is -2.49. The second kappa shape index (κ2) is 8.96. The van der Waals surface area contributed by atoms with E-state index in [0.29, 0.717) is 19.4 Å². The molecule has 0 aliphatic rings. The lowest BCUT2D eigenvalue weighted by Crippen LogP contribution is -2.27. The molecule has 0 heterocycles. The Balaban J connectivity index is 1.75. The summed E-state index contributed by atoms with van der Waals surface area (Å²) in [6.45, 7) is 4.51. The van der Waals surface area contributed by atoms with Gasteiger partial charge in [0.05, 0.1) is 19.8 Å². The van der Waals surface area contributed by atoms with E-state index in [0.717, 1.165) is 22.6 Å². The normalized spacial score (nSPS) is 11.6. The minimum Gasteiger partial charge on any atom is -0.496 e. The fourth-order valence-corrected chi connectivity index (χ4v) is 2.54. The van der Waals surface area contributed by atoms with E-state index in [4.69, 9.17) is 9.47 Å². The third kappa shape index (κ3) is 5.30. The van der Waals surface area contributed by atoms with Gasteiger partial charge in [-0.1, -0.05) is 30.3 Å². The van der Waals surface area contributed by atoms with E-state index in [-0.39, 0.29) is 11.9 Å². The zero-order chi connectivity index (χ0) is 17.4. The molecule has 2 aromatic carbocycles. The summed E-state index contributed by atoms with van der Waals surface area (Å²) >= 11 is 0. The summed E-state index contributed by atoms with van der Waals surface area (Å²) in [6.07, 6.45) is 1.11. The van der Waals surface area contributed by atoms with Crippen molar-refractivity contribution in [1.29, 1.82) is 0 Å². The monoisotopic (exact) mass is 327 g/mol. The maximum atomic E-state index is 12.1. The molecule has 0 unspecified atom stereocenters. The maximum Gasteiger partial charge on any atom is 0.220 e. The Labute approximate surface area is 143 Å². The molecule has 2 aromatic rings. The molecular formula is C20H25NO3. The molecule has 0 saturated carbocycles.